The van der Waals surface area contributed by atoms with E-state index in [9.17, 15) is 4.79 Å². The van der Waals surface area contributed by atoms with Crippen LogP contribution in [0.1, 0.15) is 31.4 Å². The molecule has 4 heterocycles. The van der Waals surface area contributed by atoms with Crippen LogP contribution in [0, 0.1) is 0 Å². The van der Waals surface area contributed by atoms with Gasteiger partial charge in [0.2, 0.25) is 11.9 Å². The number of morpholine rings is 1. The minimum Gasteiger partial charge on any atom is -0.486 e. The van der Waals surface area contributed by atoms with Crippen LogP contribution >= 0.6 is 11.8 Å². The predicted octanol–water partition coefficient (Wildman–Crippen LogP) is 2.36. The average Bonchev–Trinajstić information content (AvgIpc) is 3.50. The molecule has 9 nitrogen and oxygen atoms in total. The van der Waals surface area contributed by atoms with Crippen molar-refractivity contribution in [2.24, 2.45) is 0 Å². The van der Waals surface area contributed by atoms with E-state index in [4.69, 9.17) is 14.2 Å². The smallest absolute Gasteiger partial charge is 0.233 e. The number of hydrogen-bond acceptors (Lipinski definition) is 8. The Morgan fingerprint density at radius 3 is 2.72 bits per heavy atom. The first-order valence-corrected chi connectivity index (χ1v) is 12.3. The first kappa shape index (κ1) is 21.4. The van der Waals surface area contributed by atoms with Crippen LogP contribution < -0.4 is 14.4 Å². The van der Waals surface area contributed by atoms with Gasteiger partial charge in [0.25, 0.3) is 0 Å². The van der Waals surface area contributed by atoms with Gasteiger partial charge >= 0.3 is 0 Å². The predicted molar refractivity (Wildman–Crippen MR) is 121 cm³/mol. The highest BCUT2D eigenvalue weighted by molar-refractivity contribution is 7.99. The molecule has 1 amide bonds. The molecule has 5 rings (SSSR count). The van der Waals surface area contributed by atoms with Crippen molar-refractivity contribution < 1.29 is 19.0 Å². The maximum atomic E-state index is 13.2. The maximum Gasteiger partial charge on any atom is 0.233 e. The number of fused-ring (bicyclic) bond motifs is 1. The molecule has 0 spiro atoms. The van der Waals surface area contributed by atoms with Gasteiger partial charge in [0.1, 0.15) is 13.2 Å². The van der Waals surface area contributed by atoms with Crippen LogP contribution in [0.25, 0.3) is 0 Å². The second kappa shape index (κ2) is 9.58. The van der Waals surface area contributed by atoms with Crippen LogP contribution in [0.2, 0.25) is 0 Å². The molecule has 1 aromatic heterocycles. The second-order valence-corrected chi connectivity index (χ2v) is 9.01. The van der Waals surface area contributed by atoms with Crippen LogP contribution in [-0.4, -0.2) is 77.4 Å². The number of nitrogens with zero attached hydrogens (tertiary/aromatic N) is 5. The second-order valence-electron chi connectivity index (χ2n) is 8.06. The van der Waals surface area contributed by atoms with Gasteiger partial charge in [-0.25, -0.2) is 0 Å². The lowest BCUT2D eigenvalue weighted by Crippen LogP contribution is -2.38. The Bertz CT molecular complexity index is 962. The molecule has 3 aliphatic heterocycles. The summed E-state index contributed by atoms with van der Waals surface area (Å²) < 4.78 is 18.9. The van der Waals surface area contributed by atoms with Crippen LogP contribution in [0.15, 0.2) is 23.4 Å². The van der Waals surface area contributed by atoms with Crippen molar-refractivity contribution in [3.8, 4) is 11.5 Å². The number of thioether (sulfide) groups is 1. The van der Waals surface area contributed by atoms with E-state index in [0.29, 0.717) is 32.2 Å². The fourth-order valence-electron chi connectivity index (χ4n) is 4.55. The maximum absolute atomic E-state index is 13.2. The Balaban J connectivity index is 1.25. The number of ether oxygens (including phenoxy) is 3. The van der Waals surface area contributed by atoms with Crippen molar-refractivity contribution in [3.63, 3.8) is 0 Å². The number of anilines is 1. The summed E-state index contributed by atoms with van der Waals surface area (Å²) in [5, 5.41) is 9.57. The third-order valence-electron chi connectivity index (χ3n) is 6.16. The minimum absolute atomic E-state index is 0.0758. The molecule has 2 saturated heterocycles. The van der Waals surface area contributed by atoms with Gasteiger partial charge in [-0.3, -0.25) is 9.36 Å². The molecule has 32 heavy (non-hydrogen) atoms. The third-order valence-corrected chi connectivity index (χ3v) is 7.11. The van der Waals surface area contributed by atoms with E-state index < -0.39 is 0 Å². The molecule has 0 unspecified atom stereocenters. The Labute approximate surface area is 192 Å². The summed E-state index contributed by atoms with van der Waals surface area (Å²) in [4.78, 5) is 17.4. The minimum atomic E-state index is 0.0758. The number of aromatic nitrogens is 3. The molecule has 0 aliphatic carbocycles. The van der Waals surface area contributed by atoms with Gasteiger partial charge in [0.15, 0.2) is 16.7 Å². The zero-order chi connectivity index (χ0) is 21.9. The molecule has 2 aromatic rings. The van der Waals surface area contributed by atoms with E-state index in [1.165, 1.54) is 11.8 Å². The highest BCUT2D eigenvalue weighted by Gasteiger charge is 2.31. The number of rotatable bonds is 6. The number of hydrogen-bond donors (Lipinski definition) is 0. The summed E-state index contributed by atoms with van der Waals surface area (Å²) in [5.74, 6) is 2.89. The van der Waals surface area contributed by atoms with E-state index in [-0.39, 0.29) is 11.9 Å². The van der Waals surface area contributed by atoms with Crippen LogP contribution in [0.4, 0.5) is 5.95 Å². The van der Waals surface area contributed by atoms with Gasteiger partial charge < -0.3 is 24.0 Å². The molecule has 1 atom stereocenters. The van der Waals surface area contributed by atoms with Gasteiger partial charge in [-0.2, -0.15) is 0 Å². The molecular formula is C22H29N5O4S. The summed E-state index contributed by atoms with van der Waals surface area (Å²) in [5.41, 5.74) is 1.11. The van der Waals surface area contributed by atoms with Crippen molar-refractivity contribution in [1.29, 1.82) is 0 Å². The van der Waals surface area contributed by atoms with Crippen LogP contribution in [-0.2, 0) is 16.1 Å². The molecule has 3 aliphatic rings. The topological polar surface area (TPSA) is 82.0 Å². The van der Waals surface area contributed by atoms with Gasteiger partial charge in [-0.05, 0) is 37.5 Å². The Morgan fingerprint density at radius 2 is 1.91 bits per heavy atom. The largest absolute Gasteiger partial charge is 0.486 e. The zero-order valence-electron chi connectivity index (χ0n) is 18.4. The molecule has 0 bridgehead atoms. The quantitative estimate of drug-likeness (QED) is 0.609. The number of carbonyl (C=O) groups excluding carboxylic acids is 1. The van der Waals surface area contributed by atoms with Gasteiger partial charge in [-0.15, -0.1) is 10.2 Å². The van der Waals surface area contributed by atoms with Crippen LogP contribution in [0.5, 0.6) is 11.5 Å². The lowest BCUT2D eigenvalue weighted by Gasteiger charge is -2.28. The normalized spacial score (nSPS) is 20.6. The van der Waals surface area contributed by atoms with Crippen molar-refractivity contribution in [2.75, 3.05) is 56.7 Å². The fraction of sp³-hybridized carbons (Fsp3) is 0.591. The molecule has 0 radical (unpaired) electrons. The van der Waals surface area contributed by atoms with Gasteiger partial charge in [-0.1, -0.05) is 17.8 Å². The third kappa shape index (κ3) is 4.25. The van der Waals surface area contributed by atoms with E-state index in [1.54, 1.807) is 0 Å². The van der Waals surface area contributed by atoms with E-state index in [0.717, 1.165) is 67.2 Å². The SMILES string of the molecule is CCn1c(SCC(=O)N2CCC[C@@H]2c2ccc3c(c2)OCCO3)nnc1N1CCOCC1. The average molecular weight is 460 g/mol. The fourth-order valence-corrected chi connectivity index (χ4v) is 5.43. The number of benzene rings is 1. The molecule has 172 valence electrons. The standard InChI is InChI=1S/C22H29N5O4S/c1-2-26-21(25-8-10-29-11-9-25)23-24-22(26)32-15-20(28)27-7-3-4-17(27)16-5-6-18-19(14-16)31-13-12-30-18/h5-6,14,17H,2-4,7-13,15H2,1H3/t17-/m1/s1. The molecule has 2 fully saturated rings. The molecule has 0 saturated carbocycles. The van der Waals surface area contributed by atoms with Crippen molar-refractivity contribution in [1.82, 2.24) is 19.7 Å². The van der Waals surface area contributed by atoms with Crippen molar-refractivity contribution in [2.45, 2.75) is 37.5 Å². The number of amides is 1. The number of likely N-dealkylation sites (tertiary alicyclic amines) is 1. The lowest BCUT2D eigenvalue weighted by molar-refractivity contribution is -0.129. The zero-order valence-corrected chi connectivity index (χ0v) is 19.2. The Morgan fingerprint density at radius 1 is 1.09 bits per heavy atom. The first-order chi connectivity index (χ1) is 15.7. The molecule has 10 heteroatoms. The summed E-state index contributed by atoms with van der Waals surface area (Å²) in [6.45, 7) is 7.79. The number of carbonyl (C=O) groups is 1. The van der Waals surface area contributed by atoms with Crippen molar-refractivity contribution in [3.05, 3.63) is 23.8 Å². The van der Waals surface area contributed by atoms with E-state index >= 15 is 0 Å². The Hall–Kier alpha value is -2.46. The summed E-state index contributed by atoms with van der Waals surface area (Å²) in [6, 6.07) is 6.11. The monoisotopic (exact) mass is 459 g/mol. The lowest BCUT2D eigenvalue weighted by atomic mass is 10.0. The van der Waals surface area contributed by atoms with E-state index in [2.05, 4.69) is 32.7 Å². The van der Waals surface area contributed by atoms with Crippen molar-refractivity contribution >= 4 is 23.6 Å². The van der Waals surface area contributed by atoms with E-state index in [1.807, 2.05) is 17.0 Å². The van der Waals surface area contributed by atoms with Crippen LogP contribution in [0.3, 0.4) is 0 Å². The molecular weight excluding hydrogens is 430 g/mol. The van der Waals surface area contributed by atoms with Gasteiger partial charge in [0.05, 0.1) is 25.0 Å². The summed E-state index contributed by atoms with van der Waals surface area (Å²) >= 11 is 1.47. The highest BCUT2D eigenvalue weighted by Crippen LogP contribution is 2.38. The summed E-state index contributed by atoms with van der Waals surface area (Å²) in [7, 11) is 0. The van der Waals surface area contributed by atoms with Gasteiger partial charge in [0, 0.05) is 26.2 Å². The summed E-state index contributed by atoms with van der Waals surface area (Å²) in [6.07, 6.45) is 1.96. The molecule has 1 aromatic carbocycles. The highest BCUT2D eigenvalue weighted by atomic mass is 32.2. The molecule has 0 N–H and O–H groups in total. The Kier molecular flexibility index (Phi) is 6.40. The first-order valence-electron chi connectivity index (χ1n) is 11.3.